The normalized spacial score (nSPS) is 25.4. The summed E-state index contributed by atoms with van der Waals surface area (Å²) in [5.41, 5.74) is 6.35. The largest absolute Gasteiger partial charge is 0.453 e. The van der Waals surface area contributed by atoms with Gasteiger partial charge in [0, 0.05) is 62.6 Å². The Morgan fingerprint density at radius 3 is 1.97 bits per heavy atom. The quantitative estimate of drug-likeness (QED) is 0.113. The van der Waals surface area contributed by atoms with Gasteiger partial charge in [0.1, 0.15) is 35.4 Å². The van der Waals surface area contributed by atoms with Crippen molar-refractivity contribution in [3.8, 4) is 23.0 Å². The van der Waals surface area contributed by atoms with E-state index >= 15 is 0 Å². The van der Waals surface area contributed by atoms with Gasteiger partial charge < -0.3 is 28.5 Å². The first-order chi connectivity index (χ1) is 29.8. The van der Waals surface area contributed by atoms with Crippen LogP contribution >= 0.6 is 0 Å². The van der Waals surface area contributed by atoms with Gasteiger partial charge in [-0.15, -0.1) is 0 Å². The predicted molar refractivity (Wildman–Crippen MR) is 239 cm³/mol. The highest BCUT2D eigenvalue weighted by molar-refractivity contribution is 5.74. The van der Waals surface area contributed by atoms with Crippen LogP contribution in [0.5, 0.6) is 23.0 Å². The fraction of sp³-hybridized carbons (Fsp3) is 0.462. The Kier molecular flexibility index (Phi) is 16.1. The highest BCUT2D eigenvalue weighted by Crippen LogP contribution is 2.53. The lowest BCUT2D eigenvalue weighted by Crippen LogP contribution is -2.43. The summed E-state index contributed by atoms with van der Waals surface area (Å²) in [4.78, 5) is 77.1. The Morgan fingerprint density at radius 2 is 1.33 bits per heavy atom. The second-order valence-corrected chi connectivity index (χ2v) is 17.7. The molecule has 2 aromatic rings. The van der Waals surface area contributed by atoms with Crippen LogP contribution in [0.15, 0.2) is 83.0 Å². The van der Waals surface area contributed by atoms with Crippen LogP contribution in [0.3, 0.4) is 0 Å². The van der Waals surface area contributed by atoms with Crippen molar-refractivity contribution in [3.63, 3.8) is 0 Å². The van der Waals surface area contributed by atoms with E-state index in [2.05, 4.69) is 31.7 Å². The molecule has 0 radical (unpaired) electrons. The molecule has 4 aliphatic rings. The fourth-order valence-electron chi connectivity index (χ4n) is 9.60. The van der Waals surface area contributed by atoms with Crippen molar-refractivity contribution in [1.82, 2.24) is 0 Å². The molecule has 5 atom stereocenters. The number of carbonyl (C=O) groups is 6. The minimum atomic E-state index is -1.06. The summed E-state index contributed by atoms with van der Waals surface area (Å²) in [6.07, 6.45) is 14.1. The number of ether oxygens (including phenoxy) is 5. The molecule has 0 N–H and O–H groups in total. The molecule has 4 aliphatic carbocycles. The summed E-state index contributed by atoms with van der Waals surface area (Å²) in [5, 5.41) is 0. The Hall–Kier alpha value is -5.84. The molecule has 0 saturated heterocycles. The lowest BCUT2D eigenvalue weighted by molar-refractivity contribution is -0.144. The summed E-state index contributed by atoms with van der Waals surface area (Å²) >= 11 is 0. The molecule has 2 aromatic carbocycles. The first kappa shape index (κ1) is 48.2. The Labute approximate surface area is 371 Å². The van der Waals surface area contributed by atoms with Crippen molar-refractivity contribution in [2.75, 3.05) is 0 Å². The van der Waals surface area contributed by atoms with Gasteiger partial charge in [0.15, 0.2) is 0 Å². The molecule has 6 bridgehead atoms. The lowest BCUT2D eigenvalue weighted by atomic mass is 9.56. The lowest BCUT2D eigenvalue weighted by Gasteiger charge is -2.46. The maximum Gasteiger partial charge on any atom is 0.308 e. The van der Waals surface area contributed by atoms with E-state index in [9.17, 15) is 28.8 Å². The van der Waals surface area contributed by atoms with Gasteiger partial charge in [-0.1, -0.05) is 52.7 Å². The third-order valence-corrected chi connectivity index (χ3v) is 12.3. The van der Waals surface area contributed by atoms with E-state index in [0.29, 0.717) is 91.5 Å². The summed E-state index contributed by atoms with van der Waals surface area (Å²) in [5.74, 6) is -2.35. The van der Waals surface area contributed by atoms with Crippen LogP contribution in [0.25, 0.3) is 0 Å². The molecule has 336 valence electrons. The van der Waals surface area contributed by atoms with Crippen LogP contribution in [0.4, 0.5) is 0 Å². The molecule has 0 saturated carbocycles. The van der Waals surface area contributed by atoms with Crippen molar-refractivity contribution >= 4 is 36.1 Å². The first-order valence-electron chi connectivity index (χ1n) is 21.8. The zero-order valence-electron chi connectivity index (χ0n) is 38.3. The van der Waals surface area contributed by atoms with Gasteiger partial charge in [0.2, 0.25) is 0 Å². The smallest absolute Gasteiger partial charge is 0.308 e. The van der Waals surface area contributed by atoms with Crippen LogP contribution in [0.2, 0.25) is 0 Å². The molecule has 0 aliphatic heterocycles. The van der Waals surface area contributed by atoms with E-state index in [1.165, 1.54) is 40.2 Å². The number of rotatable bonds is 7. The van der Waals surface area contributed by atoms with Crippen LogP contribution < -0.4 is 18.9 Å². The van der Waals surface area contributed by atoms with E-state index < -0.39 is 41.4 Å². The second-order valence-electron chi connectivity index (χ2n) is 17.7. The summed E-state index contributed by atoms with van der Waals surface area (Å²) in [6.45, 7) is 18.9. The first-order valence-corrected chi connectivity index (χ1v) is 21.8. The highest BCUT2D eigenvalue weighted by Gasteiger charge is 2.47. The van der Waals surface area contributed by atoms with E-state index in [1.807, 2.05) is 20.8 Å². The molecule has 0 amide bonds. The van der Waals surface area contributed by atoms with Crippen LogP contribution in [-0.4, -0.2) is 36.1 Å². The minimum Gasteiger partial charge on any atom is -0.453 e. The van der Waals surface area contributed by atoms with Crippen molar-refractivity contribution in [2.24, 2.45) is 17.3 Å². The van der Waals surface area contributed by atoms with Gasteiger partial charge in [0.05, 0.1) is 0 Å². The number of fused-ring (bicyclic) bond motifs is 10. The zero-order valence-corrected chi connectivity index (χ0v) is 38.3. The molecule has 63 heavy (non-hydrogen) atoms. The number of benzene rings is 2. The van der Waals surface area contributed by atoms with Gasteiger partial charge in [-0.3, -0.25) is 24.0 Å². The maximum absolute atomic E-state index is 14.2. The van der Waals surface area contributed by atoms with E-state index in [4.69, 9.17) is 23.7 Å². The monoisotopic (exact) mass is 862 g/mol. The van der Waals surface area contributed by atoms with Gasteiger partial charge in [-0.25, -0.2) is 0 Å². The molecule has 0 heterocycles. The average Bonchev–Trinajstić information content (AvgIpc) is 3.16. The van der Waals surface area contributed by atoms with Crippen molar-refractivity contribution in [2.45, 2.75) is 139 Å². The number of aldehydes is 1. The second kappa shape index (κ2) is 21.0. The Morgan fingerprint density at radius 1 is 0.667 bits per heavy atom. The molecule has 0 unspecified atom stereocenters. The SMILES string of the molecule is C=C(C)[C@@H]1CC/C(C)=C/CC[C@]2(C=O)[C@@H](CC3=C[C@H]2C/C(C)=C/[C@H](OC(C)=O)c2cc(OC(C)=O)c(cc2OC(C)=O)C/C(C)=C\CC3)Cc2cc(OC(C)=O)cc1c2OC(C)=O. The minimum absolute atomic E-state index is 0.165. The Bertz CT molecular complexity index is 2290. The molecule has 0 fully saturated rings. The molecule has 11 nitrogen and oxygen atoms in total. The van der Waals surface area contributed by atoms with Crippen molar-refractivity contribution in [1.29, 1.82) is 0 Å². The molecular formula is C52H62O11. The molecule has 6 rings (SSSR count). The van der Waals surface area contributed by atoms with E-state index in [-0.39, 0.29) is 29.3 Å². The topological polar surface area (TPSA) is 149 Å². The molecular weight excluding hydrogens is 801 g/mol. The Balaban J connectivity index is 1.77. The summed E-state index contributed by atoms with van der Waals surface area (Å²) in [7, 11) is 0. The van der Waals surface area contributed by atoms with Crippen LogP contribution in [-0.2, 0) is 46.3 Å². The maximum atomic E-state index is 14.2. The van der Waals surface area contributed by atoms with Crippen molar-refractivity contribution in [3.05, 3.63) is 105 Å². The zero-order chi connectivity index (χ0) is 46.2. The third-order valence-electron chi connectivity index (χ3n) is 12.3. The summed E-state index contributed by atoms with van der Waals surface area (Å²) < 4.78 is 29.2. The van der Waals surface area contributed by atoms with Gasteiger partial charge in [-0.2, -0.15) is 0 Å². The predicted octanol–water partition coefficient (Wildman–Crippen LogP) is 10.8. The third kappa shape index (κ3) is 12.4. The summed E-state index contributed by atoms with van der Waals surface area (Å²) in [6, 6.07) is 6.79. The number of allylic oxidation sites excluding steroid dienone is 8. The molecule has 0 spiro atoms. The van der Waals surface area contributed by atoms with Gasteiger partial charge in [-0.05, 0) is 140 Å². The van der Waals surface area contributed by atoms with Gasteiger partial charge in [0.25, 0.3) is 0 Å². The average molecular weight is 863 g/mol. The van der Waals surface area contributed by atoms with Gasteiger partial charge >= 0.3 is 29.8 Å². The van der Waals surface area contributed by atoms with Crippen molar-refractivity contribution < 1.29 is 52.5 Å². The highest BCUT2D eigenvalue weighted by atomic mass is 16.6. The fourth-order valence-corrected chi connectivity index (χ4v) is 9.60. The number of carbonyl (C=O) groups excluding carboxylic acids is 6. The number of hydrogen-bond acceptors (Lipinski definition) is 11. The molecule has 11 heteroatoms. The standard InChI is InChI=1S/C52H62O11/c1-30(2)45-17-16-31(3)14-12-18-52(29-53)42-20-33(5)21-49(61-36(8)56)47-28-48(60-35(7)55)40(26-50(47)62-37(9)57)19-32(4)13-11-15-39(22-42)23-43(52)24-41-25-44(59-34(6)54)27-46(45)51(41)63-38(10)58/h13-14,21-22,25-29,42-43,45,49H,1,11-12,15-20,23-24H2,2-10H3/b31-14+,32-13-,33-21+/t42-,43+,45+,49+,52-/m1/s1. The number of hydrogen-bond donors (Lipinski definition) is 0. The molecule has 0 aromatic heterocycles. The van der Waals surface area contributed by atoms with E-state index in [0.717, 1.165) is 35.0 Å². The van der Waals surface area contributed by atoms with Crippen LogP contribution in [0.1, 0.15) is 148 Å². The van der Waals surface area contributed by atoms with Crippen LogP contribution in [0, 0.1) is 17.3 Å². The number of esters is 5. The van der Waals surface area contributed by atoms with E-state index in [1.54, 1.807) is 30.3 Å².